The van der Waals surface area contributed by atoms with E-state index in [9.17, 15) is 9.59 Å². The molecule has 1 N–H and O–H groups in total. The first-order valence-corrected chi connectivity index (χ1v) is 5.48. The quantitative estimate of drug-likeness (QED) is 0.848. The Kier molecular flexibility index (Phi) is 2.46. The van der Waals surface area contributed by atoms with Crippen LogP contribution in [0.5, 0.6) is 0 Å². The van der Waals surface area contributed by atoms with E-state index < -0.39 is 5.54 Å². The molecule has 0 radical (unpaired) electrons. The Balaban J connectivity index is 2.85. The Morgan fingerprint density at radius 2 is 2.25 bits per heavy atom. The molecule has 0 saturated heterocycles. The number of carbonyl (C=O) groups excluding carboxylic acids is 1. The Bertz CT molecular complexity index is 612. The van der Waals surface area contributed by atoms with Crippen LogP contribution >= 0.6 is 15.9 Å². The van der Waals surface area contributed by atoms with Crippen LogP contribution in [0.15, 0.2) is 21.5 Å². The minimum atomic E-state index is -0.907. The van der Waals surface area contributed by atoms with Crippen molar-refractivity contribution in [2.45, 2.75) is 19.4 Å². The Hall–Kier alpha value is -1.43. The van der Waals surface area contributed by atoms with Gasteiger partial charge in [-0.25, -0.2) is 9.78 Å². The van der Waals surface area contributed by atoms with Gasteiger partial charge in [-0.3, -0.25) is 4.57 Å². The van der Waals surface area contributed by atoms with Crippen molar-refractivity contribution in [3.8, 4) is 0 Å². The summed E-state index contributed by atoms with van der Waals surface area (Å²) in [4.78, 5) is 29.5. The fraction of sp³-hybridized carbons (Fsp3) is 0.300. The molecule has 0 aromatic carbocycles. The van der Waals surface area contributed by atoms with Crippen molar-refractivity contribution in [2.75, 3.05) is 0 Å². The first-order chi connectivity index (χ1) is 7.45. The number of halogens is 1. The maximum absolute atomic E-state index is 11.7. The molecule has 0 saturated carbocycles. The van der Waals surface area contributed by atoms with Crippen molar-refractivity contribution < 1.29 is 4.79 Å². The first kappa shape index (κ1) is 11.1. The molecule has 0 atom stereocenters. The normalized spacial score (nSPS) is 11.9. The number of nitrogens with one attached hydrogen (secondary N) is 1. The third-order valence-electron chi connectivity index (χ3n) is 2.35. The van der Waals surface area contributed by atoms with Crippen LogP contribution in [0.2, 0.25) is 0 Å². The Labute approximate surface area is 99.6 Å². The average molecular weight is 284 g/mol. The van der Waals surface area contributed by atoms with Gasteiger partial charge in [-0.15, -0.1) is 0 Å². The molecular formula is C10H10BrN3O2. The Morgan fingerprint density at radius 3 is 2.88 bits per heavy atom. The lowest BCUT2D eigenvalue weighted by Gasteiger charge is -2.17. The molecule has 16 heavy (non-hydrogen) atoms. The van der Waals surface area contributed by atoms with Crippen LogP contribution in [0, 0.1) is 0 Å². The molecule has 0 aliphatic carbocycles. The standard InChI is InChI=1S/C10H10BrN3O2/c1-10(2,5-15)14-8-7(13-9(14)16)3-6(11)4-12-8/h3-5H,1-2H3,(H,13,16). The van der Waals surface area contributed by atoms with Gasteiger partial charge in [-0.05, 0) is 35.8 Å². The molecule has 0 unspecified atom stereocenters. The van der Waals surface area contributed by atoms with Gasteiger partial charge < -0.3 is 9.78 Å². The number of rotatable bonds is 2. The summed E-state index contributed by atoms with van der Waals surface area (Å²) in [6, 6.07) is 1.75. The zero-order valence-corrected chi connectivity index (χ0v) is 10.4. The SMILES string of the molecule is CC(C)(C=O)n1c(=O)[nH]c2cc(Br)cnc21. The predicted molar refractivity (Wildman–Crippen MR) is 63.4 cm³/mol. The van der Waals surface area contributed by atoms with Crippen molar-refractivity contribution in [3.05, 3.63) is 27.2 Å². The van der Waals surface area contributed by atoms with Crippen LogP contribution < -0.4 is 5.69 Å². The molecular weight excluding hydrogens is 274 g/mol. The number of hydrogen-bond acceptors (Lipinski definition) is 3. The molecule has 2 aromatic heterocycles. The van der Waals surface area contributed by atoms with Crippen molar-refractivity contribution in [2.24, 2.45) is 0 Å². The van der Waals surface area contributed by atoms with E-state index in [1.807, 2.05) is 0 Å². The summed E-state index contributed by atoms with van der Waals surface area (Å²) in [5.41, 5.74) is -0.159. The zero-order valence-electron chi connectivity index (χ0n) is 8.82. The zero-order chi connectivity index (χ0) is 11.9. The molecule has 0 amide bonds. The second-order valence-electron chi connectivity index (χ2n) is 4.06. The van der Waals surface area contributed by atoms with Crippen LogP contribution in [-0.2, 0) is 10.3 Å². The van der Waals surface area contributed by atoms with Gasteiger partial charge >= 0.3 is 5.69 Å². The van der Waals surface area contributed by atoms with E-state index in [1.165, 1.54) is 4.57 Å². The highest BCUT2D eigenvalue weighted by molar-refractivity contribution is 9.10. The number of hydrogen-bond donors (Lipinski definition) is 1. The number of pyridine rings is 1. The van der Waals surface area contributed by atoms with Gasteiger partial charge in [-0.2, -0.15) is 0 Å². The molecule has 0 aliphatic heterocycles. The second-order valence-corrected chi connectivity index (χ2v) is 4.98. The van der Waals surface area contributed by atoms with E-state index in [-0.39, 0.29) is 5.69 Å². The van der Waals surface area contributed by atoms with Gasteiger partial charge in [-0.1, -0.05) is 0 Å². The third-order valence-corrected chi connectivity index (χ3v) is 2.79. The number of nitrogens with zero attached hydrogens (tertiary/aromatic N) is 2. The molecule has 5 nitrogen and oxygen atoms in total. The number of imidazole rings is 1. The predicted octanol–water partition coefficient (Wildman–Crippen LogP) is 1.42. The second kappa shape index (κ2) is 3.55. The largest absolute Gasteiger partial charge is 0.328 e. The van der Waals surface area contributed by atoms with Crippen molar-refractivity contribution in [3.63, 3.8) is 0 Å². The molecule has 2 aromatic rings. The first-order valence-electron chi connectivity index (χ1n) is 4.69. The highest BCUT2D eigenvalue weighted by Crippen LogP contribution is 2.19. The molecule has 2 rings (SSSR count). The number of aldehydes is 1. The third kappa shape index (κ3) is 1.59. The summed E-state index contributed by atoms with van der Waals surface area (Å²) in [6.45, 7) is 3.33. The number of aromatic nitrogens is 3. The van der Waals surface area contributed by atoms with E-state index in [4.69, 9.17) is 0 Å². The average Bonchev–Trinajstić information content (AvgIpc) is 2.53. The number of aromatic amines is 1. The van der Waals surface area contributed by atoms with E-state index in [0.717, 1.165) is 10.8 Å². The van der Waals surface area contributed by atoms with Gasteiger partial charge in [0.25, 0.3) is 0 Å². The molecule has 0 spiro atoms. The summed E-state index contributed by atoms with van der Waals surface area (Å²) in [6.07, 6.45) is 2.32. The lowest BCUT2D eigenvalue weighted by Crippen LogP contribution is -2.36. The highest BCUT2D eigenvalue weighted by atomic mass is 79.9. The van der Waals surface area contributed by atoms with Crippen LogP contribution in [-0.4, -0.2) is 20.8 Å². The monoisotopic (exact) mass is 283 g/mol. The van der Waals surface area contributed by atoms with Crippen LogP contribution in [0.3, 0.4) is 0 Å². The summed E-state index contributed by atoms with van der Waals surface area (Å²) >= 11 is 3.27. The summed E-state index contributed by atoms with van der Waals surface area (Å²) in [5.74, 6) is 0. The summed E-state index contributed by atoms with van der Waals surface area (Å²) in [5, 5.41) is 0. The van der Waals surface area contributed by atoms with Crippen LogP contribution in [0.25, 0.3) is 11.2 Å². The van der Waals surface area contributed by atoms with Crippen molar-refractivity contribution in [1.29, 1.82) is 0 Å². The molecule has 6 heteroatoms. The number of fused-ring (bicyclic) bond motifs is 1. The molecule has 0 aliphatic rings. The van der Waals surface area contributed by atoms with Gasteiger partial charge in [0.05, 0.1) is 5.52 Å². The number of H-pyrrole nitrogens is 1. The minimum absolute atomic E-state index is 0.335. The van der Waals surface area contributed by atoms with E-state index in [0.29, 0.717) is 11.2 Å². The topological polar surface area (TPSA) is 67.8 Å². The summed E-state index contributed by atoms with van der Waals surface area (Å²) < 4.78 is 2.12. The van der Waals surface area contributed by atoms with Gasteiger partial charge in [0.2, 0.25) is 0 Å². The fourth-order valence-electron chi connectivity index (χ4n) is 1.56. The fourth-order valence-corrected chi connectivity index (χ4v) is 1.89. The maximum Gasteiger partial charge on any atom is 0.328 e. The van der Waals surface area contributed by atoms with Gasteiger partial charge in [0.15, 0.2) is 5.65 Å². The number of carbonyl (C=O) groups is 1. The van der Waals surface area contributed by atoms with E-state index in [1.54, 1.807) is 26.1 Å². The van der Waals surface area contributed by atoms with E-state index in [2.05, 4.69) is 25.9 Å². The summed E-state index contributed by atoms with van der Waals surface area (Å²) in [7, 11) is 0. The smallest absolute Gasteiger partial charge is 0.304 e. The molecule has 0 fully saturated rings. The molecule has 84 valence electrons. The van der Waals surface area contributed by atoms with Crippen molar-refractivity contribution >= 4 is 33.4 Å². The minimum Gasteiger partial charge on any atom is -0.304 e. The lowest BCUT2D eigenvalue weighted by atomic mass is 10.1. The molecule has 0 bridgehead atoms. The molecule has 2 heterocycles. The van der Waals surface area contributed by atoms with Gasteiger partial charge in [0, 0.05) is 10.7 Å². The van der Waals surface area contributed by atoms with E-state index >= 15 is 0 Å². The maximum atomic E-state index is 11.7. The van der Waals surface area contributed by atoms with Crippen LogP contribution in [0.4, 0.5) is 0 Å². The van der Waals surface area contributed by atoms with Gasteiger partial charge in [0.1, 0.15) is 11.8 Å². The van der Waals surface area contributed by atoms with Crippen LogP contribution in [0.1, 0.15) is 13.8 Å². The van der Waals surface area contributed by atoms with Crippen molar-refractivity contribution in [1.82, 2.24) is 14.5 Å². The Morgan fingerprint density at radius 1 is 1.56 bits per heavy atom. The highest BCUT2D eigenvalue weighted by Gasteiger charge is 2.24. The lowest BCUT2D eigenvalue weighted by molar-refractivity contribution is -0.113.